The summed E-state index contributed by atoms with van der Waals surface area (Å²) >= 11 is 0. The lowest BCUT2D eigenvalue weighted by atomic mass is 10.2. The molecule has 7 heteroatoms. The second-order valence-corrected chi connectivity index (χ2v) is 4.56. The summed E-state index contributed by atoms with van der Waals surface area (Å²) in [6, 6.07) is 6.65. The zero-order valence-corrected chi connectivity index (χ0v) is 12.0. The minimum atomic E-state index is -0.448. The Bertz CT molecular complexity index is 624. The Morgan fingerprint density at radius 2 is 2.24 bits per heavy atom. The minimum Gasteiger partial charge on any atom is -0.479 e. The fraction of sp³-hybridized carbons (Fsp3) is 0.357. The van der Waals surface area contributed by atoms with Crippen LogP contribution in [0, 0.1) is 17.0 Å². The molecule has 0 radical (unpaired) electrons. The van der Waals surface area contributed by atoms with E-state index >= 15 is 0 Å². The van der Waals surface area contributed by atoms with E-state index in [4.69, 9.17) is 9.26 Å². The first-order chi connectivity index (χ1) is 10.1. The van der Waals surface area contributed by atoms with Crippen LogP contribution in [0.4, 0.5) is 5.69 Å². The van der Waals surface area contributed by atoms with Gasteiger partial charge >= 0.3 is 5.69 Å². The Balaban J connectivity index is 2.12. The molecule has 0 saturated heterocycles. The maximum absolute atomic E-state index is 11.1. The highest BCUT2D eigenvalue weighted by atomic mass is 16.6. The van der Waals surface area contributed by atoms with Crippen LogP contribution in [0.1, 0.15) is 23.9 Å². The van der Waals surface area contributed by atoms with Gasteiger partial charge in [0.1, 0.15) is 6.61 Å². The van der Waals surface area contributed by atoms with Crippen molar-refractivity contribution in [3.63, 3.8) is 0 Å². The van der Waals surface area contributed by atoms with Crippen LogP contribution in [-0.2, 0) is 13.2 Å². The second-order valence-electron chi connectivity index (χ2n) is 4.56. The Morgan fingerprint density at radius 3 is 2.86 bits per heavy atom. The van der Waals surface area contributed by atoms with Crippen molar-refractivity contribution in [3.05, 3.63) is 51.4 Å². The number of ether oxygens (including phenoxy) is 1. The first-order valence-corrected chi connectivity index (χ1v) is 6.63. The zero-order valence-electron chi connectivity index (χ0n) is 12.0. The normalized spacial score (nSPS) is 10.6. The fourth-order valence-electron chi connectivity index (χ4n) is 1.84. The number of nitro benzene ring substituents is 1. The van der Waals surface area contributed by atoms with Crippen LogP contribution >= 0.6 is 0 Å². The van der Waals surface area contributed by atoms with Gasteiger partial charge < -0.3 is 14.6 Å². The van der Waals surface area contributed by atoms with Crippen molar-refractivity contribution in [2.75, 3.05) is 6.54 Å². The molecule has 1 aromatic heterocycles. The van der Waals surface area contributed by atoms with E-state index in [1.54, 1.807) is 25.1 Å². The molecular formula is C14H17N3O4. The maximum Gasteiger partial charge on any atom is 0.311 e. The van der Waals surface area contributed by atoms with Gasteiger partial charge in [-0.05, 0) is 25.1 Å². The number of nitrogens with one attached hydrogen (secondary N) is 1. The Labute approximate surface area is 122 Å². The molecule has 0 amide bonds. The average Bonchev–Trinajstić information content (AvgIpc) is 2.88. The third kappa shape index (κ3) is 4.03. The van der Waals surface area contributed by atoms with Crippen molar-refractivity contribution in [3.8, 4) is 5.75 Å². The van der Waals surface area contributed by atoms with Crippen LogP contribution in [-0.4, -0.2) is 16.6 Å². The number of nitro groups is 1. The number of aryl methyl sites for hydroxylation is 1. The largest absolute Gasteiger partial charge is 0.479 e. The SMILES string of the molecule is CCNCc1ccc(OCc2cc(C)no2)c([N+](=O)[O-])c1. The number of aromatic nitrogens is 1. The van der Waals surface area contributed by atoms with Crippen molar-refractivity contribution in [1.82, 2.24) is 10.5 Å². The number of nitrogens with zero attached hydrogens (tertiary/aromatic N) is 2. The summed E-state index contributed by atoms with van der Waals surface area (Å²) < 4.78 is 10.5. The molecule has 0 fully saturated rings. The summed E-state index contributed by atoms with van der Waals surface area (Å²) in [6.45, 7) is 5.26. The highest BCUT2D eigenvalue weighted by molar-refractivity contribution is 5.48. The third-order valence-corrected chi connectivity index (χ3v) is 2.85. The number of rotatable bonds is 7. The summed E-state index contributed by atoms with van der Waals surface area (Å²) in [5.74, 6) is 0.743. The van der Waals surface area contributed by atoms with Gasteiger partial charge in [0.25, 0.3) is 0 Å². The molecule has 7 nitrogen and oxygen atoms in total. The van der Waals surface area contributed by atoms with Gasteiger partial charge in [0.2, 0.25) is 0 Å². The summed E-state index contributed by atoms with van der Waals surface area (Å²) in [5.41, 5.74) is 1.53. The molecule has 112 valence electrons. The smallest absolute Gasteiger partial charge is 0.311 e. The van der Waals surface area contributed by atoms with Gasteiger partial charge in [-0.2, -0.15) is 0 Å². The van der Waals surface area contributed by atoms with Gasteiger partial charge in [0.15, 0.2) is 11.5 Å². The van der Waals surface area contributed by atoms with Crippen molar-refractivity contribution in [2.45, 2.75) is 27.0 Å². The topological polar surface area (TPSA) is 90.4 Å². The molecule has 1 N–H and O–H groups in total. The number of hydrogen-bond donors (Lipinski definition) is 1. The van der Waals surface area contributed by atoms with Crippen molar-refractivity contribution in [1.29, 1.82) is 0 Å². The lowest BCUT2D eigenvalue weighted by Gasteiger charge is -2.07. The lowest BCUT2D eigenvalue weighted by Crippen LogP contribution is -2.12. The third-order valence-electron chi connectivity index (χ3n) is 2.85. The summed E-state index contributed by atoms with van der Waals surface area (Å²) in [6.07, 6.45) is 0. The average molecular weight is 291 g/mol. The first-order valence-electron chi connectivity index (χ1n) is 6.63. The van der Waals surface area contributed by atoms with E-state index in [2.05, 4.69) is 10.5 Å². The molecule has 1 heterocycles. The molecule has 0 aliphatic heterocycles. The van der Waals surface area contributed by atoms with Crippen molar-refractivity contribution in [2.24, 2.45) is 0 Å². The van der Waals surface area contributed by atoms with Crippen LogP contribution in [0.25, 0.3) is 0 Å². The highest BCUT2D eigenvalue weighted by Gasteiger charge is 2.16. The minimum absolute atomic E-state index is 0.0540. The van der Waals surface area contributed by atoms with E-state index in [1.807, 2.05) is 6.92 Å². The Morgan fingerprint density at radius 1 is 1.43 bits per heavy atom. The van der Waals surface area contributed by atoms with E-state index in [-0.39, 0.29) is 18.0 Å². The van der Waals surface area contributed by atoms with Gasteiger partial charge in [-0.25, -0.2) is 0 Å². The highest BCUT2D eigenvalue weighted by Crippen LogP contribution is 2.28. The van der Waals surface area contributed by atoms with E-state index in [9.17, 15) is 10.1 Å². The quantitative estimate of drug-likeness (QED) is 0.623. The second kappa shape index (κ2) is 6.85. The molecule has 0 unspecified atom stereocenters. The van der Waals surface area contributed by atoms with Crippen LogP contribution < -0.4 is 10.1 Å². The molecule has 2 aromatic rings. The van der Waals surface area contributed by atoms with Crippen LogP contribution in [0.3, 0.4) is 0 Å². The molecule has 0 bridgehead atoms. The molecule has 0 aliphatic rings. The zero-order chi connectivity index (χ0) is 15.2. The van der Waals surface area contributed by atoms with Crippen LogP contribution in [0.2, 0.25) is 0 Å². The molecule has 2 rings (SSSR count). The predicted octanol–water partition coefficient (Wildman–Crippen LogP) is 2.58. The summed E-state index contributed by atoms with van der Waals surface area (Å²) in [5, 5.41) is 18.0. The first kappa shape index (κ1) is 15.0. The van der Waals surface area contributed by atoms with Crippen LogP contribution in [0.5, 0.6) is 5.75 Å². The molecule has 21 heavy (non-hydrogen) atoms. The predicted molar refractivity (Wildman–Crippen MR) is 76.0 cm³/mol. The standard InChI is InChI=1S/C14H17N3O4/c1-3-15-8-11-4-5-14(13(7-11)17(18)19)20-9-12-6-10(2)16-21-12/h4-7,15H,3,8-9H2,1-2H3. The van der Waals surface area contributed by atoms with Gasteiger partial charge in [-0.1, -0.05) is 18.1 Å². The fourth-order valence-corrected chi connectivity index (χ4v) is 1.84. The van der Waals surface area contributed by atoms with Gasteiger partial charge in [-0.15, -0.1) is 0 Å². The molecule has 0 atom stereocenters. The van der Waals surface area contributed by atoms with Gasteiger partial charge in [0.05, 0.1) is 10.6 Å². The molecule has 0 aliphatic carbocycles. The molecular weight excluding hydrogens is 274 g/mol. The van der Waals surface area contributed by atoms with Gasteiger partial charge in [-0.3, -0.25) is 10.1 Å². The van der Waals surface area contributed by atoms with Crippen molar-refractivity contribution >= 4 is 5.69 Å². The van der Waals surface area contributed by atoms with E-state index in [0.717, 1.165) is 17.8 Å². The summed E-state index contributed by atoms with van der Waals surface area (Å²) in [7, 11) is 0. The summed E-state index contributed by atoms with van der Waals surface area (Å²) in [4.78, 5) is 10.7. The maximum atomic E-state index is 11.1. The van der Waals surface area contributed by atoms with E-state index in [1.165, 1.54) is 6.07 Å². The molecule has 0 spiro atoms. The monoisotopic (exact) mass is 291 g/mol. The Hall–Kier alpha value is -2.41. The Kier molecular flexibility index (Phi) is 4.89. The van der Waals surface area contributed by atoms with E-state index in [0.29, 0.717) is 12.3 Å². The molecule has 1 aromatic carbocycles. The van der Waals surface area contributed by atoms with Crippen LogP contribution in [0.15, 0.2) is 28.8 Å². The number of hydrogen-bond acceptors (Lipinski definition) is 6. The molecule has 0 saturated carbocycles. The van der Waals surface area contributed by atoms with Crippen molar-refractivity contribution < 1.29 is 14.2 Å². The number of benzene rings is 1. The van der Waals surface area contributed by atoms with Gasteiger partial charge in [0, 0.05) is 18.7 Å². The lowest BCUT2D eigenvalue weighted by molar-refractivity contribution is -0.386. The van der Waals surface area contributed by atoms with E-state index < -0.39 is 4.92 Å².